The fourth-order valence-corrected chi connectivity index (χ4v) is 24.6. The predicted octanol–water partition coefficient (Wildman–Crippen LogP) is -5.05. The first kappa shape index (κ1) is 113. The van der Waals surface area contributed by atoms with Crippen LogP contribution in [0.5, 0.6) is 0 Å². The van der Waals surface area contributed by atoms with Gasteiger partial charge in [0.25, 0.3) is 0 Å². The van der Waals surface area contributed by atoms with Gasteiger partial charge in [-0.05, 0) is 135 Å². The van der Waals surface area contributed by atoms with Crippen LogP contribution < -0.4 is 0 Å². The van der Waals surface area contributed by atoms with Gasteiger partial charge in [0, 0.05) is 6.42 Å². The lowest BCUT2D eigenvalue weighted by molar-refractivity contribution is -0.396. The summed E-state index contributed by atoms with van der Waals surface area (Å²) in [5.41, 5.74) is -7.99. The quantitative estimate of drug-likeness (QED) is 0.00928. The Labute approximate surface area is 810 Å². The summed E-state index contributed by atoms with van der Waals surface area (Å²) in [7, 11) is 0. The molecule has 0 aromatic carbocycles. The Bertz CT molecular complexity index is 4150. The first-order valence-corrected chi connectivity index (χ1v) is 49.2. The maximum Gasteiger partial charge on any atom is 0.335 e. The first-order chi connectivity index (χ1) is 65.7. The summed E-state index contributed by atoms with van der Waals surface area (Å²) in [4.78, 5) is 72.2. The molecule has 12 fully saturated rings. The zero-order valence-corrected chi connectivity index (χ0v) is 81.2. The number of carbonyl (C=O) groups is 5. The molecule has 8 heterocycles. The first-order valence-electron chi connectivity index (χ1n) is 49.2. The van der Waals surface area contributed by atoms with Crippen molar-refractivity contribution in [3.63, 3.8) is 0 Å². The van der Waals surface area contributed by atoms with Crippen molar-refractivity contribution >= 4 is 30.2 Å². The van der Waals surface area contributed by atoms with Gasteiger partial charge in [0.15, 0.2) is 62.3 Å². The Morgan fingerprint density at radius 3 is 1.63 bits per heavy atom. The van der Waals surface area contributed by atoms with E-state index >= 15 is 4.79 Å². The number of rotatable bonds is 35. The van der Waals surface area contributed by atoms with Crippen molar-refractivity contribution in [1.29, 1.82) is 0 Å². The molecule has 0 aromatic rings. The number of carboxylic acids is 1. The van der Waals surface area contributed by atoms with Crippen molar-refractivity contribution in [2.24, 2.45) is 68.0 Å². The van der Waals surface area contributed by atoms with E-state index in [1.807, 2.05) is 48.5 Å². The number of ether oxygens (including phenoxy) is 18. The number of carbonyl (C=O) groups excluding carboxylic acids is 4. The smallest absolute Gasteiger partial charge is 0.335 e. The summed E-state index contributed by atoms with van der Waals surface area (Å²) in [6.45, 7) is 19.4. The molecule has 13 aliphatic rings. The summed E-state index contributed by atoms with van der Waals surface area (Å²) in [5, 5.41) is 259. The minimum atomic E-state index is -2.35. The third-order valence-corrected chi connectivity index (χ3v) is 34.1. The molecule has 52 atom stereocenters. The van der Waals surface area contributed by atoms with Crippen molar-refractivity contribution in [2.45, 2.75) is 438 Å². The van der Waals surface area contributed by atoms with E-state index < -0.39 is 366 Å². The molecule has 0 spiro atoms. The van der Waals surface area contributed by atoms with Crippen LogP contribution in [0.25, 0.3) is 0 Å². The minimum absolute atomic E-state index is 0.0230. The van der Waals surface area contributed by atoms with E-state index in [0.717, 1.165) is 18.3 Å². The Balaban J connectivity index is 0.800. The number of aldehydes is 1. The highest BCUT2D eigenvalue weighted by atomic mass is 16.8. The summed E-state index contributed by atoms with van der Waals surface area (Å²) in [6.07, 6.45) is -70.6. The van der Waals surface area contributed by atoms with Gasteiger partial charge < -0.3 is 208 Å². The average Bonchev–Trinajstić information content (AvgIpc) is 0.743. The lowest BCUT2D eigenvalue weighted by atomic mass is 9.33. The molecule has 0 aromatic heterocycles. The zero-order valence-electron chi connectivity index (χ0n) is 81.2. The lowest BCUT2D eigenvalue weighted by Crippen LogP contribution is -2.69. The second kappa shape index (κ2) is 44.9. The van der Waals surface area contributed by atoms with Crippen LogP contribution in [0.3, 0.4) is 0 Å². The largest absolute Gasteiger partial charge is 0.479 e. The molecule has 140 heavy (non-hydrogen) atoms. The van der Waals surface area contributed by atoms with Crippen molar-refractivity contribution in [1.82, 2.24) is 0 Å². The van der Waals surface area contributed by atoms with E-state index in [-0.39, 0.29) is 75.0 Å². The number of hydrogen-bond acceptors (Lipinski definition) is 45. The van der Waals surface area contributed by atoms with Crippen LogP contribution in [0.1, 0.15) is 186 Å². The fraction of sp³-hybridized carbons (Fsp3) is 0.926. The molecule has 5 aliphatic carbocycles. The number of fused-ring (bicyclic) bond motifs is 7. The van der Waals surface area contributed by atoms with Gasteiger partial charge in [-0.1, -0.05) is 101 Å². The van der Waals surface area contributed by atoms with Crippen LogP contribution in [-0.4, -0.2) is 439 Å². The molecule has 23 N–H and O–H groups in total. The van der Waals surface area contributed by atoms with Gasteiger partial charge in [-0.15, -0.1) is 0 Å². The Morgan fingerprint density at radius 1 is 0.493 bits per heavy atom. The summed E-state index contributed by atoms with van der Waals surface area (Å²) in [5.74, 6) is -6.56. The zero-order chi connectivity index (χ0) is 103. The molecule has 0 bridgehead atoms. The van der Waals surface area contributed by atoms with Crippen molar-refractivity contribution in [3.8, 4) is 0 Å². The average molecular weight is 2020 g/mol. The maximum absolute atomic E-state index is 16.6. The highest BCUT2D eigenvalue weighted by molar-refractivity contribution is 5.80. The Kier molecular flexibility index (Phi) is 36.2. The molecule has 13 rings (SSSR count). The van der Waals surface area contributed by atoms with Gasteiger partial charge in [-0.3, -0.25) is 14.4 Å². The minimum Gasteiger partial charge on any atom is -0.479 e. The molecule has 0 radical (unpaired) electrons. The van der Waals surface area contributed by atoms with Gasteiger partial charge in [-0.2, -0.15) is 0 Å². The van der Waals surface area contributed by atoms with Gasteiger partial charge in [0.2, 0.25) is 6.29 Å². The van der Waals surface area contributed by atoms with Gasteiger partial charge in [0.1, 0.15) is 158 Å². The molecule has 8 saturated heterocycles. The molecular weight excluding hydrogens is 1860 g/mol. The summed E-state index contributed by atoms with van der Waals surface area (Å²) in [6, 6.07) is 0. The van der Waals surface area contributed by atoms with Gasteiger partial charge in [-0.25, -0.2) is 4.79 Å². The third-order valence-electron chi connectivity index (χ3n) is 34.1. The van der Waals surface area contributed by atoms with E-state index in [1.165, 1.54) is 13.8 Å². The van der Waals surface area contributed by atoms with Crippen LogP contribution >= 0.6 is 0 Å². The highest BCUT2D eigenvalue weighted by Crippen LogP contribution is 2.76. The topological polar surface area (TPSA) is 717 Å². The second-order valence-electron chi connectivity index (χ2n) is 43.5. The van der Waals surface area contributed by atoms with E-state index in [0.29, 0.717) is 32.1 Å². The molecule has 0 amide bonds. The molecule has 17 unspecified atom stereocenters. The van der Waals surface area contributed by atoms with E-state index in [9.17, 15) is 137 Å². The van der Waals surface area contributed by atoms with Crippen LogP contribution in [0, 0.1) is 68.0 Å². The maximum atomic E-state index is 16.6. The van der Waals surface area contributed by atoms with Crippen molar-refractivity contribution in [3.05, 3.63) is 11.6 Å². The summed E-state index contributed by atoms with van der Waals surface area (Å²) < 4.78 is 110. The number of carboxylic acid groups (broad SMARTS) is 1. The Hall–Kier alpha value is -4.19. The monoisotopic (exact) mass is 2020 g/mol. The normalized spacial score (nSPS) is 48.8. The fourth-order valence-electron chi connectivity index (χ4n) is 24.6. The van der Waals surface area contributed by atoms with Gasteiger partial charge >= 0.3 is 23.9 Å². The van der Waals surface area contributed by atoms with E-state index in [1.54, 1.807) is 13.8 Å². The van der Waals surface area contributed by atoms with E-state index in [2.05, 4.69) is 19.9 Å². The molecule has 8 aliphatic heterocycles. The molecular formula is C94H152O46. The van der Waals surface area contributed by atoms with Crippen LogP contribution in [-0.2, 0) is 109 Å². The van der Waals surface area contributed by atoms with Crippen LogP contribution in [0.4, 0.5) is 0 Å². The van der Waals surface area contributed by atoms with E-state index in [4.69, 9.17) is 85.3 Å². The number of esters is 3. The Morgan fingerprint density at radius 2 is 1.03 bits per heavy atom. The van der Waals surface area contributed by atoms with Crippen LogP contribution in [0.2, 0.25) is 0 Å². The van der Waals surface area contributed by atoms with Crippen LogP contribution in [0.15, 0.2) is 11.6 Å². The summed E-state index contributed by atoms with van der Waals surface area (Å²) >= 11 is 0. The molecule has 46 heteroatoms. The number of aliphatic carboxylic acids is 1. The standard InChI is InChI=1S/C94H152O46/c1-14-37(3)39(5)24-42(99)26-55(104)128-48(38(4)15-2)25-43(100)27-56(105)132-69-40(6)127-84(75(65(69)114)138-83-68(117)73(136-81-63(112)60(109)58(107)49(30-95)129-81)70(41(7)126-83)133-80-67(116)71(47(102)33-124-80)134-86-77(118)93(122,35-98)36-125-86)140-87(121)94-23-22-88(8,9)28-45(94)44-16-17-52-89(10)20-19-54(90(11,34-97)51(89)18-21-91(52,12)92(44,13)29-53(94)103)131-85-76(139-82-64(113)61(110)59(108)50(31-96)130-82)72(66(115)74(137-85)78(119)120)135-79-62(111)57(106)46(101)32-123-79/h16,34,37-43,45-54,57-77,79-86,95-96,98-103,106-118,122H,14-15,17-33,35-36H2,1-13H3,(H,119,120)/t37-,38-,39-,40?,41?,42-,43-,45?,46+,47?,48-,49?,50?,51?,52?,53+,54-,57-,58+,59-,60-,61-,62?,63?,64?,65?,66-,67?,68-,69+,70-,71-,72-,73?,74?,75+,76?,77?,79-,80-,81-,82-,83-,84-,85+,86-,89-,90-,91+,92+,93+,94+/m0/s1. The molecule has 4 saturated carbocycles. The number of aliphatic hydroxyl groups excluding tert-OH is 21. The van der Waals surface area contributed by atoms with Gasteiger partial charge in [0.05, 0.1) is 94.5 Å². The molecule has 46 nitrogen and oxygen atoms in total. The van der Waals surface area contributed by atoms with Crippen molar-refractivity contribution in [2.75, 3.05) is 39.6 Å². The SMILES string of the molecule is CC[C@H](C)[C@H](C[C@H](O)CC(=O)O[C@@H]1C(C)O[C@@H](OC(=O)[C@]23CCC(C)(C)CC2C2=CCC4[C@@]5(C)CC[C@H](O[C@@H]6OC(C(=O)O)[C@@H](O)[C@H](O[C@@H]7OC[C@@H](O)[C@H](O)C7O)C6O[C@@H]6OC(CO)[C@H](O)[C@H](O)C6O)[C@@](C)(C=O)C5CC[C@@]4(C)[C@]2(C)C[C@H]3O)[C@H](O[C@@H]2OC(C)[C@H](O[C@@H]3OCC(O)[C@H](O[C@@H]4OC[C@](O)(CO)C4O)C3O)C(O[C@@H]3OC(CO)[C@@H](O)[C@H](O)C3O)[C@@H]2O)C1O)OC(=O)C[C@@H](O)C[C@H](C)[C@@H](C)CC. The second-order valence-corrected chi connectivity index (χ2v) is 43.5. The predicted molar refractivity (Wildman–Crippen MR) is 467 cm³/mol. The number of hydrogen-bond donors (Lipinski definition) is 23. The third kappa shape index (κ3) is 21.8. The lowest BCUT2D eigenvalue weighted by Gasteiger charge is -2.71. The highest BCUT2D eigenvalue weighted by Gasteiger charge is 2.74. The number of aliphatic hydroxyl groups is 22. The molecule has 804 valence electrons. The van der Waals surface area contributed by atoms with Crippen molar-refractivity contribution < 1.29 is 227 Å². The number of allylic oxidation sites excluding steroid dienone is 2.